The lowest BCUT2D eigenvalue weighted by atomic mass is 9.97. The van der Waals surface area contributed by atoms with Gasteiger partial charge in [-0.2, -0.15) is 0 Å². The summed E-state index contributed by atoms with van der Waals surface area (Å²) in [5.74, 6) is -1.11. The van der Waals surface area contributed by atoms with Crippen molar-refractivity contribution < 1.29 is 9.59 Å². The second-order valence-corrected chi connectivity index (χ2v) is 12.3. The van der Waals surface area contributed by atoms with Gasteiger partial charge < -0.3 is 9.97 Å². The zero-order valence-electron chi connectivity index (χ0n) is 26.7. The van der Waals surface area contributed by atoms with Crippen molar-refractivity contribution in [1.29, 1.82) is 0 Å². The van der Waals surface area contributed by atoms with Gasteiger partial charge in [0.25, 0.3) is 0 Å². The van der Waals surface area contributed by atoms with Crippen LogP contribution in [0.5, 0.6) is 0 Å². The van der Waals surface area contributed by atoms with Crippen molar-refractivity contribution >= 4 is 63.5 Å². The summed E-state index contributed by atoms with van der Waals surface area (Å²) in [5.41, 5.74) is 13.8. The molecule has 3 aliphatic rings. The van der Waals surface area contributed by atoms with Crippen LogP contribution in [-0.4, -0.2) is 31.5 Å². The molecular weight excluding hydrogens is 617 g/mol. The van der Waals surface area contributed by atoms with Crippen molar-refractivity contribution in [3.63, 3.8) is 0 Å². The van der Waals surface area contributed by atoms with Crippen molar-refractivity contribution in [3.05, 3.63) is 162 Å². The van der Waals surface area contributed by atoms with Gasteiger partial charge in [-0.1, -0.05) is 97.1 Å². The Balaban J connectivity index is 1.47. The molecule has 6 heteroatoms. The van der Waals surface area contributed by atoms with Crippen LogP contribution in [0.1, 0.15) is 28.3 Å². The minimum Gasteiger partial charge on any atom is -0.354 e. The molecule has 9 rings (SSSR count). The van der Waals surface area contributed by atoms with Crippen molar-refractivity contribution in [2.75, 3.05) is 0 Å². The van der Waals surface area contributed by atoms with Gasteiger partial charge in [0, 0.05) is 44.3 Å². The van der Waals surface area contributed by atoms with Crippen molar-refractivity contribution in [2.45, 2.75) is 0 Å². The lowest BCUT2D eigenvalue weighted by Gasteiger charge is -2.08. The molecule has 0 spiro atoms. The number of rotatable bonds is 4. The van der Waals surface area contributed by atoms with Crippen LogP contribution in [0.15, 0.2) is 133 Å². The van der Waals surface area contributed by atoms with Crippen LogP contribution in [0, 0.1) is 0 Å². The molecule has 236 valence electrons. The summed E-state index contributed by atoms with van der Waals surface area (Å²) in [4.78, 5) is 42.8. The molecule has 3 aromatic carbocycles. The molecule has 50 heavy (non-hydrogen) atoms. The fourth-order valence-corrected chi connectivity index (χ4v) is 6.90. The Hall–Kier alpha value is -6.92. The minimum atomic E-state index is -0.563. The SMILES string of the molecule is O=C1C=CC(c2c3nc(c(-c4ccccc4)c4ccc([nH]4)c(-c4ccccc4)c4nc(c(-c5ccccc5)c5ccc2[nH]5)C=C4)C=C3)=CC1=O. The molecule has 0 radical (unpaired) electrons. The number of benzene rings is 3. The Morgan fingerprint density at radius 1 is 0.360 bits per heavy atom. The van der Waals surface area contributed by atoms with E-state index in [9.17, 15) is 9.59 Å². The number of hydrogen-bond donors (Lipinski definition) is 2. The molecule has 2 N–H and O–H groups in total. The Morgan fingerprint density at radius 3 is 1.10 bits per heavy atom. The highest BCUT2D eigenvalue weighted by Gasteiger charge is 2.21. The molecule has 6 aromatic rings. The lowest BCUT2D eigenvalue weighted by molar-refractivity contribution is -0.131. The minimum absolute atomic E-state index is 0.544. The van der Waals surface area contributed by atoms with Gasteiger partial charge in [0.05, 0.1) is 22.8 Å². The van der Waals surface area contributed by atoms with Crippen LogP contribution in [0.3, 0.4) is 0 Å². The molecule has 6 nitrogen and oxygen atoms in total. The van der Waals surface area contributed by atoms with E-state index in [0.29, 0.717) is 11.3 Å². The quantitative estimate of drug-likeness (QED) is 0.147. The molecule has 0 unspecified atom stereocenters. The van der Waals surface area contributed by atoms with Crippen molar-refractivity contribution in [2.24, 2.45) is 0 Å². The number of aromatic amines is 2. The summed E-state index contributed by atoms with van der Waals surface area (Å²) in [6.07, 6.45) is 12.5. The van der Waals surface area contributed by atoms with Gasteiger partial charge in [0.2, 0.25) is 11.6 Å². The van der Waals surface area contributed by atoms with Gasteiger partial charge in [-0.05, 0) is 83.0 Å². The number of nitrogens with zero attached hydrogens (tertiary/aromatic N) is 2. The zero-order chi connectivity index (χ0) is 33.6. The topological polar surface area (TPSA) is 91.5 Å². The molecule has 1 aliphatic carbocycles. The summed E-state index contributed by atoms with van der Waals surface area (Å²) in [6.45, 7) is 0. The smallest absolute Gasteiger partial charge is 0.226 e. The van der Waals surface area contributed by atoms with Crippen LogP contribution in [0.2, 0.25) is 0 Å². The van der Waals surface area contributed by atoms with Gasteiger partial charge in [0.15, 0.2) is 0 Å². The van der Waals surface area contributed by atoms with E-state index in [2.05, 4.69) is 70.7 Å². The normalized spacial score (nSPS) is 13.6. The van der Waals surface area contributed by atoms with E-state index in [1.807, 2.05) is 78.9 Å². The number of hydrogen-bond acceptors (Lipinski definition) is 4. The number of carbonyl (C=O) groups excluding carboxylic acids is 2. The molecule has 3 aromatic heterocycles. The van der Waals surface area contributed by atoms with Gasteiger partial charge in [-0.25, -0.2) is 9.97 Å². The Labute approximate surface area is 287 Å². The lowest BCUT2D eigenvalue weighted by Crippen LogP contribution is -2.11. The molecule has 0 amide bonds. The Morgan fingerprint density at radius 2 is 0.720 bits per heavy atom. The highest BCUT2D eigenvalue weighted by molar-refractivity contribution is 6.48. The fourth-order valence-electron chi connectivity index (χ4n) is 6.90. The predicted molar refractivity (Wildman–Crippen MR) is 202 cm³/mol. The van der Waals surface area contributed by atoms with Gasteiger partial charge >= 0.3 is 0 Å². The standard InChI is InChI=1S/C44H28N4O2/c49-39-25-16-30(26-40(39)50)44-37-23-21-35(47-37)42(28-12-6-2-7-13-28)33-19-17-31(45-33)41(27-10-4-1-5-11-27)32-18-20-34(46-32)43(29-14-8-3-9-15-29)36-22-24-38(44)48-36/h1-26,45,48H. The van der Waals surface area contributed by atoms with Crippen LogP contribution in [0.4, 0.5) is 0 Å². The monoisotopic (exact) mass is 644 g/mol. The molecule has 5 heterocycles. The van der Waals surface area contributed by atoms with E-state index < -0.39 is 11.6 Å². The Kier molecular flexibility index (Phi) is 6.99. The van der Waals surface area contributed by atoms with Crippen LogP contribution in [0.25, 0.3) is 85.3 Å². The highest BCUT2D eigenvalue weighted by Crippen LogP contribution is 2.37. The first-order valence-electron chi connectivity index (χ1n) is 16.4. The van der Waals surface area contributed by atoms with Crippen molar-refractivity contribution in [1.82, 2.24) is 19.9 Å². The summed E-state index contributed by atoms with van der Waals surface area (Å²) in [7, 11) is 0. The summed E-state index contributed by atoms with van der Waals surface area (Å²) >= 11 is 0. The average Bonchev–Trinajstić information content (AvgIpc) is 3.99. The molecule has 2 aliphatic heterocycles. The van der Waals surface area contributed by atoms with Crippen molar-refractivity contribution in [3.8, 4) is 33.4 Å². The van der Waals surface area contributed by atoms with Gasteiger partial charge in [-0.3, -0.25) is 9.59 Å². The second kappa shape index (κ2) is 12.0. The largest absolute Gasteiger partial charge is 0.354 e. The third kappa shape index (κ3) is 5.07. The third-order valence-corrected chi connectivity index (χ3v) is 9.17. The van der Waals surface area contributed by atoms with E-state index in [1.54, 1.807) is 6.08 Å². The molecular formula is C44H28N4O2. The van der Waals surface area contributed by atoms with E-state index in [4.69, 9.17) is 9.97 Å². The molecule has 0 saturated carbocycles. The second-order valence-electron chi connectivity index (χ2n) is 12.3. The van der Waals surface area contributed by atoms with Gasteiger partial charge in [0.1, 0.15) is 0 Å². The zero-order valence-corrected chi connectivity index (χ0v) is 26.7. The maximum absolute atomic E-state index is 12.7. The first kappa shape index (κ1) is 29.2. The highest BCUT2D eigenvalue weighted by atomic mass is 16.2. The predicted octanol–water partition coefficient (Wildman–Crippen LogP) is 9.75. The first-order chi connectivity index (χ1) is 24.6. The number of nitrogens with one attached hydrogen (secondary N) is 2. The third-order valence-electron chi connectivity index (χ3n) is 9.17. The number of H-pyrrole nitrogens is 2. The molecule has 0 atom stereocenters. The summed E-state index contributed by atoms with van der Waals surface area (Å²) in [6, 6.07) is 38.9. The number of ketones is 2. The van der Waals surface area contributed by atoms with E-state index in [-0.39, 0.29) is 0 Å². The number of fused-ring (bicyclic) bond motifs is 8. The van der Waals surface area contributed by atoms with Crippen LogP contribution in [-0.2, 0) is 9.59 Å². The van der Waals surface area contributed by atoms with Crippen LogP contribution < -0.4 is 0 Å². The summed E-state index contributed by atoms with van der Waals surface area (Å²) < 4.78 is 0. The Bertz CT molecular complexity index is 2620. The maximum atomic E-state index is 12.7. The van der Waals surface area contributed by atoms with Crippen LogP contribution >= 0.6 is 0 Å². The van der Waals surface area contributed by atoms with E-state index in [0.717, 1.165) is 78.1 Å². The molecule has 8 bridgehead atoms. The average molecular weight is 645 g/mol. The van der Waals surface area contributed by atoms with Gasteiger partial charge in [-0.15, -0.1) is 0 Å². The molecule has 0 fully saturated rings. The fraction of sp³-hybridized carbons (Fsp3) is 0. The maximum Gasteiger partial charge on any atom is 0.226 e. The molecule has 0 saturated heterocycles. The van der Waals surface area contributed by atoms with E-state index >= 15 is 0 Å². The number of carbonyl (C=O) groups is 2. The van der Waals surface area contributed by atoms with E-state index in [1.165, 1.54) is 12.2 Å². The number of aromatic nitrogens is 4. The first-order valence-corrected chi connectivity index (χ1v) is 16.4. The summed E-state index contributed by atoms with van der Waals surface area (Å²) in [5, 5.41) is 0. The number of allylic oxidation sites excluding steroid dienone is 4.